The number of para-hydroxylation sites is 1. The van der Waals surface area contributed by atoms with Crippen LogP contribution in [0.5, 0.6) is 5.75 Å². The first-order valence-electron chi connectivity index (χ1n) is 6.85. The Bertz CT molecular complexity index is 721. The lowest BCUT2D eigenvalue weighted by Crippen LogP contribution is -2.07. The van der Waals surface area contributed by atoms with Gasteiger partial charge in [-0.1, -0.05) is 18.7 Å². The highest BCUT2D eigenvalue weighted by atomic mass is 16.3. The van der Waals surface area contributed by atoms with E-state index in [1.165, 1.54) is 0 Å². The van der Waals surface area contributed by atoms with Gasteiger partial charge in [0.15, 0.2) is 5.82 Å². The molecule has 6 nitrogen and oxygen atoms in total. The third-order valence-corrected chi connectivity index (χ3v) is 3.13. The molecule has 0 saturated carbocycles. The first-order valence-corrected chi connectivity index (χ1v) is 6.85. The molecule has 0 spiro atoms. The topological polar surface area (TPSA) is 108 Å². The summed E-state index contributed by atoms with van der Waals surface area (Å²) in [6, 6.07) is 10.7. The van der Waals surface area contributed by atoms with Crippen LogP contribution in [-0.2, 0) is 0 Å². The van der Waals surface area contributed by atoms with Crippen molar-refractivity contribution in [1.82, 2.24) is 10.2 Å². The fourth-order valence-electron chi connectivity index (χ4n) is 1.95. The van der Waals surface area contributed by atoms with E-state index in [2.05, 4.69) is 22.1 Å². The zero-order valence-electron chi connectivity index (χ0n) is 12.1. The first kappa shape index (κ1) is 15.3. The summed E-state index contributed by atoms with van der Waals surface area (Å²) in [5.41, 5.74) is 8.14. The average molecular weight is 295 g/mol. The van der Waals surface area contributed by atoms with Gasteiger partial charge in [0.05, 0.1) is 17.5 Å². The summed E-state index contributed by atoms with van der Waals surface area (Å²) in [5, 5.41) is 29.6. The van der Waals surface area contributed by atoms with Crippen LogP contribution in [0.4, 0.5) is 11.5 Å². The molecule has 0 saturated heterocycles. The highest BCUT2D eigenvalue weighted by Crippen LogP contribution is 2.29. The molecule has 1 aromatic heterocycles. The number of phenols is 1. The molecule has 112 valence electrons. The van der Waals surface area contributed by atoms with Crippen molar-refractivity contribution in [2.24, 2.45) is 0 Å². The van der Waals surface area contributed by atoms with Crippen LogP contribution in [0, 0.1) is 11.3 Å². The minimum absolute atomic E-state index is 0.137. The normalized spacial score (nSPS) is 9.95. The third-order valence-electron chi connectivity index (χ3n) is 3.13. The highest BCUT2D eigenvalue weighted by Gasteiger charge is 2.09. The fraction of sp³-hybridized carbons (Fsp3) is 0.188. The molecule has 0 amide bonds. The second-order valence-corrected chi connectivity index (χ2v) is 4.79. The largest absolute Gasteiger partial charge is 0.507 e. The first-order chi connectivity index (χ1) is 10.6. The number of aromatic hydroxyl groups is 1. The van der Waals surface area contributed by atoms with Crippen LogP contribution < -0.4 is 11.1 Å². The molecule has 6 heteroatoms. The van der Waals surface area contributed by atoms with E-state index in [0.29, 0.717) is 41.3 Å². The van der Waals surface area contributed by atoms with E-state index < -0.39 is 0 Å². The number of rotatable bonds is 6. The van der Waals surface area contributed by atoms with Crippen LogP contribution in [0.1, 0.15) is 12.8 Å². The van der Waals surface area contributed by atoms with Gasteiger partial charge in [-0.3, -0.25) is 0 Å². The van der Waals surface area contributed by atoms with Gasteiger partial charge in [0.1, 0.15) is 5.75 Å². The molecule has 2 rings (SSSR count). The molecule has 1 heterocycles. The van der Waals surface area contributed by atoms with E-state index in [1.807, 2.05) is 12.1 Å². The van der Waals surface area contributed by atoms with Gasteiger partial charge < -0.3 is 16.2 Å². The minimum Gasteiger partial charge on any atom is -0.507 e. The van der Waals surface area contributed by atoms with Crippen LogP contribution in [0.2, 0.25) is 0 Å². The Labute approximate surface area is 128 Å². The van der Waals surface area contributed by atoms with Crippen molar-refractivity contribution in [3.05, 3.63) is 42.5 Å². The van der Waals surface area contributed by atoms with Gasteiger partial charge in [0.2, 0.25) is 0 Å². The molecule has 1 aromatic carbocycles. The Balaban J connectivity index is 2.09. The van der Waals surface area contributed by atoms with Crippen LogP contribution in [0.25, 0.3) is 11.3 Å². The summed E-state index contributed by atoms with van der Waals surface area (Å²) in [4.78, 5) is 0. The maximum Gasteiger partial charge on any atom is 0.169 e. The molecule has 0 radical (unpaired) electrons. The number of nitrogens with two attached hydrogens (primary N) is 1. The van der Waals surface area contributed by atoms with Gasteiger partial charge in [0.25, 0.3) is 0 Å². The number of nitrogen functional groups attached to an aromatic ring is 1. The molecule has 22 heavy (non-hydrogen) atoms. The van der Waals surface area contributed by atoms with E-state index in [-0.39, 0.29) is 5.75 Å². The predicted octanol–water partition coefficient (Wildman–Crippen LogP) is 2.70. The molecule has 0 aliphatic heterocycles. The summed E-state index contributed by atoms with van der Waals surface area (Å²) in [6.07, 6.45) is 1.40. The SMILES string of the molecule is C=C(C#N)CCCNc1cc(-c2ccccc2O)nnc1N. The zero-order valence-corrected chi connectivity index (χ0v) is 12.1. The molecule has 0 bridgehead atoms. The quantitative estimate of drug-likeness (QED) is 0.558. The molecular formula is C16H17N5O. The number of nitriles is 1. The number of anilines is 2. The predicted molar refractivity (Wildman–Crippen MR) is 86.0 cm³/mol. The Hall–Kier alpha value is -3.07. The summed E-state index contributed by atoms with van der Waals surface area (Å²) < 4.78 is 0. The van der Waals surface area contributed by atoms with Gasteiger partial charge in [-0.05, 0) is 31.0 Å². The van der Waals surface area contributed by atoms with E-state index in [9.17, 15) is 5.11 Å². The van der Waals surface area contributed by atoms with Crippen LogP contribution in [0.3, 0.4) is 0 Å². The number of hydrogen-bond acceptors (Lipinski definition) is 6. The van der Waals surface area contributed by atoms with E-state index in [1.54, 1.807) is 24.3 Å². The second kappa shape index (κ2) is 7.09. The zero-order chi connectivity index (χ0) is 15.9. The van der Waals surface area contributed by atoms with Gasteiger partial charge >= 0.3 is 0 Å². The van der Waals surface area contributed by atoms with Crippen molar-refractivity contribution < 1.29 is 5.11 Å². The van der Waals surface area contributed by atoms with Crippen LogP contribution in [-0.4, -0.2) is 21.8 Å². The van der Waals surface area contributed by atoms with E-state index >= 15 is 0 Å². The van der Waals surface area contributed by atoms with Crippen molar-refractivity contribution in [1.29, 1.82) is 5.26 Å². The summed E-state index contributed by atoms with van der Waals surface area (Å²) in [6.45, 7) is 4.27. The maximum atomic E-state index is 9.87. The monoisotopic (exact) mass is 295 g/mol. The molecule has 2 aromatic rings. The number of benzene rings is 1. The van der Waals surface area contributed by atoms with Crippen molar-refractivity contribution in [3.8, 4) is 23.1 Å². The number of nitrogens with zero attached hydrogens (tertiary/aromatic N) is 3. The Kier molecular flexibility index (Phi) is 4.94. The molecule has 0 fully saturated rings. The minimum atomic E-state index is 0.137. The Morgan fingerprint density at radius 2 is 2.14 bits per heavy atom. The molecular weight excluding hydrogens is 278 g/mol. The second-order valence-electron chi connectivity index (χ2n) is 4.79. The van der Waals surface area contributed by atoms with E-state index in [4.69, 9.17) is 11.0 Å². The van der Waals surface area contributed by atoms with Gasteiger partial charge in [-0.25, -0.2) is 0 Å². The van der Waals surface area contributed by atoms with Crippen molar-refractivity contribution >= 4 is 11.5 Å². The number of aromatic nitrogens is 2. The third kappa shape index (κ3) is 3.73. The lowest BCUT2D eigenvalue weighted by Gasteiger charge is -2.10. The Morgan fingerprint density at radius 1 is 1.36 bits per heavy atom. The number of allylic oxidation sites excluding steroid dienone is 1. The lowest BCUT2D eigenvalue weighted by molar-refractivity contribution is 0.477. The maximum absolute atomic E-state index is 9.87. The molecule has 0 aliphatic rings. The van der Waals surface area contributed by atoms with Crippen LogP contribution >= 0.6 is 0 Å². The molecule has 0 aliphatic carbocycles. The highest BCUT2D eigenvalue weighted by molar-refractivity contribution is 5.73. The van der Waals surface area contributed by atoms with Crippen molar-refractivity contribution in [2.45, 2.75) is 12.8 Å². The number of nitrogens with one attached hydrogen (secondary N) is 1. The number of hydrogen-bond donors (Lipinski definition) is 3. The standard InChI is InChI=1S/C16H17N5O/c1-11(10-17)5-4-8-19-14-9-13(20-21-16(14)18)12-6-2-3-7-15(12)22/h2-3,6-7,9,22H,1,4-5,8H2,(H2,18,21)(H,19,20). The average Bonchev–Trinajstić information content (AvgIpc) is 2.53. The fourth-order valence-corrected chi connectivity index (χ4v) is 1.95. The molecule has 0 unspecified atom stereocenters. The molecule has 0 atom stereocenters. The lowest BCUT2D eigenvalue weighted by atomic mass is 10.1. The van der Waals surface area contributed by atoms with Crippen molar-refractivity contribution in [3.63, 3.8) is 0 Å². The van der Waals surface area contributed by atoms with E-state index in [0.717, 1.165) is 6.42 Å². The van der Waals surface area contributed by atoms with Crippen LogP contribution in [0.15, 0.2) is 42.5 Å². The smallest absolute Gasteiger partial charge is 0.169 e. The van der Waals surface area contributed by atoms with Gasteiger partial charge in [0, 0.05) is 17.7 Å². The van der Waals surface area contributed by atoms with Crippen molar-refractivity contribution in [2.75, 3.05) is 17.6 Å². The summed E-state index contributed by atoms with van der Waals surface area (Å²) in [7, 11) is 0. The summed E-state index contributed by atoms with van der Waals surface area (Å²) >= 11 is 0. The molecule has 4 N–H and O–H groups in total. The Morgan fingerprint density at radius 3 is 2.86 bits per heavy atom. The summed E-state index contributed by atoms with van der Waals surface area (Å²) in [5.74, 6) is 0.427. The van der Waals surface area contributed by atoms with Gasteiger partial charge in [-0.15, -0.1) is 10.2 Å². The number of phenolic OH excluding ortho intramolecular Hbond substituents is 1. The van der Waals surface area contributed by atoms with Gasteiger partial charge in [-0.2, -0.15) is 5.26 Å².